The topological polar surface area (TPSA) is 44.4 Å². The summed E-state index contributed by atoms with van der Waals surface area (Å²) in [4.78, 5) is 14.9. The monoisotopic (exact) mass is 443 g/mol. The Morgan fingerprint density at radius 3 is 2.45 bits per heavy atom. The molecule has 0 saturated carbocycles. The van der Waals surface area contributed by atoms with Gasteiger partial charge in [-0.1, -0.05) is 44.0 Å². The first-order valence-corrected chi connectivity index (χ1v) is 11.0. The molecule has 0 aromatic heterocycles. The highest BCUT2D eigenvalue weighted by molar-refractivity contribution is 5.85. The molecule has 1 unspecified atom stereocenters. The third-order valence-corrected chi connectivity index (χ3v) is 6.28. The van der Waals surface area contributed by atoms with Crippen molar-refractivity contribution in [1.82, 2.24) is 15.5 Å². The van der Waals surface area contributed by atoms with Gasteiger partial charge in [0.05, 0.1) is 0 Å². The van der Waals surface area contributed by atoms with Crippen LogP contribution in [-0.2, 0) is 17.9 Å². The zero-order valence-corrected chi connectivity index (χ0v) is 19.5. The van der Waals surface area contributed by atoms with Crippen molar-refractivity contribution >= 4 is 30.7 Å². The Labute approximate surface area is 189 Å². The van der Waals surface area contributed by atoms with Crippen molar-refractivity contribution in [2.75, 3.05) is 26.2 Å². The molecular formula is C23H39Cl2N3O. The smallest absolute Gasteiger partial charge is 0.220 e. The first-order chi connectivity index (χ1) is 13.2. The fourth-order valence-corrected chi connectivity index (χ4v) is 4.54. The molecule has 2 aliphatic heterocycles. The second kappa shape index (κ2) is 14.2. The van der Waals surface area contributed by atoms with Gasteiger partial charge in [0.25, 0.3) is 0 Å². The third-order valence-electron chi connectivity index (χ3n) is 6.28. The van der Waals surface area contributed by atoms with Crippen molar-refractivity contribution in [3.8, 4) is 0 Å². The molecule has 6 heteroatoms. The van der Waals surface area contributed by atoms with Crippen molar-refractivity contribution < 1.29 is 4.79 Å². The fraction of sp³-hybridized carbons (Fsp3) is 0.696. The molecule has 2 heterocycles. The summed E-state index contributed by atoms with van der Waals surface area (Å²) in [6.07, 6.45) is 8.45. The van der Waals surface area contributed by atoms with Crippen molar-refractivity contribution in [2.24, 2.45) is 11.8 Å². The van der Waals surface area contributed by atoms with Crippen molar-refractivity contribution in [3.05, 3.63) is 35.4 Å². The number of hydrogen-bond acceptors (Lipinski definition) is 3. The van der Waals surface area contributed by atoms with Crippen LogP contribution in [0, 0.1) is 11.8 Å². The van der Waals surface area contributed by atoms with E-state index in [9.17, 15) is 4.79 Å². The van der Waals surface area contributed by atoms with E-state index in [0.29, 0.717) is 24.8 Å². The van der Waals surface area contributed by atoms with Crippen LogP contribution in [0.2, 0.25) is 0 Å². The summed E-state index contributed by atoms with van der Waals surface area (Å²) in [5.41, 5.74) is 2.58. The summed E-state index contributed by atoms with van der Waals surface area (Å²) in [6, 6.07) is 8.74. The molecule has 1 amide bonds. The average molecular weight is 444 g/mol. The van der Waals surface area contributed by atoms with Crippen LogP contribution in [0.1, 0.15) is 63.0 Å². The molecule has 0 aliphatic carbocycles. The fourth-order valence-electron chi connectivity index (χ4n) is 4.54. The number of amides is 1. The molecule has 4 nitrogen and oxygen atoms in total. The van der Waals surface area contributed by atoms with E-state index in [1.807, 2.05) is 0 Å². The number of nitrogens with zero attached hydrogens (tertiary/aromatic N) is 1. The number of piperidine rings is 1. The Bertz CT molecular complexity index is 585. The summed E-state index contributed by atoms with van der Waals surface area (Å²) in [5, 5.41) is 6.55. The highest BCUT2D eigenvalue weighted by atomic mass is 35.5. The Morgan fingerprint density at radius 1 is 1.10 bits per heavy atom. The summed E-state index contributed by atoms with van der Waals surface area (Å²) >= 11 is 0. The highest BCUT2D eigenvalue weighted by Gasteiger charge is 2.21. The van der Waals surface area contributed by atoms with E-state index in [2.05, 4.69) is 46.7 Å². The second-order valence-corrected chi connectivity index (χ2v) is 8.56. The summed E-state index contributed by atoms with van der Waals surface area (Å²) in [5.74, 6) is 1.36. The van der Waals surface area contributed by atoms with Crippen LogP contribution < -0.4 is 10.6 Å². The van der Waals surface area contributed by atoms with Crippen LogP contribution in [0.25, 0.3) is 0 Å². The van der Waals surface area contributed by atoms with E-state index in [1.54, 1.807) is 0 Å². The molecule has 1 atom stereocenters. The number of rotatable bonds is 7. The molecule has 0 bridgehead atoms. The van der Waals surface area contributed by atoms with E-state index in [0.717, 1.165) is 19.6 Å². The van der Waals surface area contributed by atoms with Gasteiger partial charge in [-0.25, -0.2) is 0 Å². The van der Waals surface area contributed by atoms with Gasteiger partial charge in [0.15, 0.2) is 0 Å². The van der Waals surface area contributed by atoms with Crippen molar-refractivity contribution in [1.29, 1.82) is 0 Å². The quantitative estimate of drug-likeness (QED) is 0.649. The van der Waals surface area contributed by atoms with Crippen LogP contribution in [0.3, 0.4) is 0 Å². The van der Waals surface area contributed by atoms with Gasteiger partial charge in [0, 0.05) is 19.5 Å². The number of hydrogen-bond donors (Lipinski definition) is 2. The van der Waals surface area contributed by atoms with E-state index < -0.39 is 0 Å². The van der Waals surface area contributed by atoms with Gasteiger partial charge in [-0.15, -0.1) is 24.8 Å². The molecular weight excluding hydrogens is 405 g/mol. The lowest BCUT2D eigenvalue weighted by Gasteiger charge is -2.27. The van der Waals surface area contributed by atoms with Crippen LogP contribution in [0.15, 0.2) is 24.3 Å². The van der Waals surface area contributed by atoms with Gasteiger partial charge in [-0.2, -0.15) is 0 Å². The van der Waals surface area contributed by atoms with Gasteiger partial charge in [-0.3, -0.25) is 9.69 Å². The summed E-state index contributed by atoms with van der Waals surface area (Å²) < 4.78 is 0. The van der Waals surface area contributed by atoms with E-state index >= 15 is 0 Å². The lowest BCUT2D eigenvalue weighted by Crippen LogP contribution is -2.33. The van der Waals surface area contributed by atoms with Crippen LogP contribution >= 0.6 is 24.8 Å². The first-order valence-electron chi connectivity index (χ1n) is 11.0. The Balaban J connectivity index is 0.00000210. The van der Waals surface area contributed by atoms with Crippen LogP contribution in [-0.4, -0.2) is 37.0 Å². The minimum atomic E-state index is 0. The Hall–Kier alpha value is -0.810. The molecule has 1 aromatic carbocycles. The van der Waals surface area contributed by atoms with Crippen molar-refractivity contribution in [2.45, 2.75) is 65.0 Å². The van der Waals surface area contributed by atoms with Gasteiger partial charge in [0.2, 0.25) is 5.91 Å². The molecule has 2 fully saturated rings. The summed E-state index contributed by atoms with van der Waals surface area (Å²) in [6.45, 7) is 8.55. The molecule has 166 valence electrons. The number of carbonyl (C=O) groups is 1. The van der Waals surface area contributed by atoms with Gasteiger partial charge < -0.3 is 10.6 Å². The van der Waals surface area contributed by atoms with Crippen LogP contribution in [0.5, 0.6) is 0 Å². The minimum Gasteiger partial charge on any atom is -0.352 e. The number of halogens is 2. The summed E-state index contributed by atoms with van der Waals surface area (Å²) in [7, 11) is 0. The zero-order valence-electron chi connectivity index (χ0n) is 17.8. The predicted molar refractivity (Wildman–Crippen MR) is 126 cm³/mol. The molecule has 2 saturated heterocycles. The SMILES string of the molecule is CC(CC(=O)NCc1cccc(CN2CCCCCC2)c1)C1CCNCC1.Cl.Cl. The number of likely N-dealkylation sites (tertiary alicyclic amines) is 1. The van der Waals surface area contributed by atoms with Crippen LogP contribution in [0.4, 0.5) is 0 Å². The minimum absolute atomic E-state index is 0. The highest BCUT2D eigenvalue weighted by Crippen LogP contribution is 2.24. The maximum absolute atomic E-state index is 12.4. The molecule has 3 rings (SSSR count). The van der Waals surface area contributed by atoms with E-state index in [4.69, 9.17) is 0 Å². The third kappa shape index (κ3) is 9.25. The molecule has 1 aromatic rings. The van der Waals surface area contributed by atoms with Crippen molar-refractivity contribution in [3.63, 3.8) is 0 Å². The first kappa shape index (κ1) is 26.2. The number of nitrogens with one attached hydrogen (secondary N) is 2. The van der Waals surface area contributed by atoms with Gasteiger partial charge in [0.1, 0.15) is 0 Å². The standard InChI is InChI=1S/C23H37N3O.2ClH/c1-19(22-9-11-24-12-10-22)15-23(27)25-17-20-7-6-8-21(16-20)18-26-13-4-2-3-5-14-26;;/h6-8,16,19,22,24H,2-5,9-15,17-18H2,1H3,(H,25,27);2*1H. The maximum atomic E-state index is 12.4. The van der Waals surface area contributed by atoms with E-state index in [-0.39, 0.29) is 30.7 Å². The zero-order chi connectivity index (χ0) is 18.9. The van der Waals surface area contributed by atoms with E-state index in [1.165, 1.54) is 62.7 Å². The Kier molecular flexibility index (Phi) is 12.9. The lowest BCUT2D eigenvalue weighted by atomic mass is 9.84. The second-order valence-electron chi connectivity index (χ2n) is 8.56. The molecule has 2 aliphatic rings. The molecule has 0 radical (unpaired) electrons. The maximum Gasteiger partial charge on any atom is 0.220 e. The van der Waals surface area contributed by atoms with Gasteiger partial charge in [-0.05, 0) is 74.8 Å². The number of carbonyl (C=O) groups excluding carboxylic acids is 1. The average Bonchev–Trinajstić information content (AvgIpc) is 2.96. The largest absolute Gasteiger partial charge is 0.352 e. The predicted octanol–water partition coefficient (Wildman–Crippen LogP) is 4.55. The Morgan fingerprint density at radius 2 is 1.76 bits per heavy atom. The van der Waals surface area contributed by atoms with Gasteiger partial charge >= 0.3 is 0 Å². The molecule has 2 N–H and O–H groups in total. The lowest BCUT2D eigenvalue weighted by molar-refractivity contribution is -0.122. The molecule has 29 heavy (non-hydrogen) atoms. The number of benzene rings is 1. The molecule has 0 spiro atoms. The normalized spacial score (nSPS) is 19.3.